The van der Waals surface area contributed by atoms with Gasteiger partial charge in [-0.2, -0.15) is 0 Å². The van der Waals surface area contributed by atoms with Crippen molar-refractivity contribution in [3.8, 4) is 0 Å². The molecule has 0 fully saturated rings. The van der Waals surface area contributed by atoms with Crippen LogP contribution in [0.2, 0.25) is 0 Å². The maximum Gasteiger partial charge on any atom is 0.352 e. The molecule has 0 aliphatic rings. The van der Waals surface area contributed by atoms with Gasteiger partial charge in [0.1, 0.15) is 5.70 Å². The van der Waals surface area contributed by atoms with E-state index in [1.165, 1.54) is 0 Å². The van der Waals surface area contributed by atoms with Crippen LogP contribution >= 0.6 is 0 Å². The lowest BCUT2D eigenvalue weighted by Gasteiger charge is -2.08. The number of carbonyl (C=O) groups excluding carboxylic acids is 1. The number of carboxylic acids is 1. The zero-order chi connectivity index (χ0) is 12.8. The average molecular weight is 233 g/mol. The molecule has 1 amide bonds. The lowest BCUT2D eigenvalue weighted by Crippen LogP contribution is -2.28. The highest BCUT2D eigenvalue weighted by atomic mass is 16.4. The second kappa shape index (κ2) is 5.84. The van der Waals surface area contributed by atoms with Crippen molar-refractivity contribution >= 4 is 11.9 Å². The molecule has 1 rings (SSSR count). The Morgan fingerprint density at radius 1 is 1.24 bits per heavy atom. The SMILES string of the molecule is CC/C(C)=C(/NC(=O)c1ccccc1)C(=O)O. The normalized spacial score (nSPS) is 11.6. The molecule has 0 unspecified atom stereocenters. The van der Waals surface area contributed by atoms with Gasteiger partial charge in [0.25, 0.3) is 5.91 Å². The summed E-state index contributed by atoms with van der Waals surface area (Å²) in [6.45, 7) is 3.53. The maximum atomic E-state index is 11.8. The van der Waals surface area contributed by atoms with Gasteiger partial charge in [-0.3, -0.25) is 4.79 Å². The number of rotatable bonds is 4. The van der Waals surface area contributed by atoms with Gasteiger partial charge < -0.3 is 10.4 Å². The predicted octanol–water partition coefficient (Wildman–Crippen LogP) is 2.19. The van der Waals surface area contributed by atoms with E-state index >= 15 is 0 Å². The first kappa shape index (κ1) is 13.0. The summed E-state index contributed by atoms with van der Waals surface area (Å²) in [6, 6.07) is 8.52. The molecule has 1 aromatic rings. The molecular weight excluding hydrogens is 218 g/mol. The summed E-state index contributed by atoms with van der Waals surface area (Å²) in [6.07, 6.45) is 0.580. The number of aliphatic carboxylic acids is 1. The third kappa shape index (κ3) is 3.45. The Labute approximate surface area is 100.0 Å². The van der Waals surface area contributed by atoms with E-state index in [1.807, 2.05) is 6.92 Å². The van der Waals surface area contributed by atoms with E-state index in [1.54, 1.807) is 37.3 Å². The molecule has 2 N–H and O–H groups in total. The predicted molar refractivity (Wildman–Crippen MR) is 64.5 cm³/mol. The second-order valence-electron chi connectivity index (χ2n) is 3.63. The van der Waals surface area contributed by atoms with Crippen molar-refractivity contribution in [3.05, 3.63) is 47.2 Å². The Kier molecular flexibility index (Phi) is 4.46. The number of nitrogens with one attached hydrogen (secondary N) is 1. The van der Waals surface area contributed by atoms with Crippen LogP contribution in [0.5, 0.6) is 0 Å². The lowest BCUT2D eigenvalue weighted by atomic mass is 10.1. The van der Waals surface area contributed by atoms with Crippen molar-refractivity contribution in [2.24, 2.45) is 0 Å². The van der Waals surface area contributed by atoms with Crippen molar-refractivity contribution in [1.82, 2.24) is 5.32 Å². The van der Waals surface area contributed by atoms with Gasteiger partial charge in [-0.1, -0.05) is 25.1 Å². The standard InChI is InChI=1S/C13H15NO3/c1-3-9(2)11(13(16)17)14-12(15)10-7-5-4-6-8-10/h4-8H,3H2,1-2H3,(H,14,15)(H,16,17)/b11-9+. The topological polar surface area (TPSA) is 66.4 Å². The van der Waals surface area contributed by atoms with E-state index in [4.69, 9.17) is 5.11 Å². The molecule has 0 radical (unpaired) electrons. The second-order valence-corrected chi connectivity index (χ2v) is 3.63. The quantitative estimate of drug-likeness (QED) is 0.783. The third-order valence-electron chi connectivity index (χ3n) is 2.45. The van der Waals surface area contributed by atoms with Crippen molar-refractivity contribution in [2.45, 2.75) is 20.3 Å². The molecule has 4 nitrogen and oxygen atoms in total. The van der Waals surface area contributed by atoms with Crippen LogP contribution in [0.4, 0.5) is 0 Å². The number of benzene rings is 1. The van der Waals surface area contributed by atoms with E-state index in [0.717, 1.165) is 0 Å². The minimum Gasteiger partial charge on any atom is -0.477 e. The lowest BCUT2D eigenvalue weighted by molar-refractivity contribution is -0.133. The molecule has 4 heteroatoms. The zero-order valence-electron chi connectivity index (χ0n) is 9.86. The Balaban J connectivity index is 2.91. The summed E-state index contributed by atoms with van der Waals surface area (Å²) in [5.74, 6) is -1.52. The number of carboxylic acid groups (broad SMARTS) is 1. The molecule has 90 valence electrons. The largest absolute Gasteiger partial charge is 0.477 e. The molecule has 0 saturated carbocycles. The Bertz CT molecular complexity index is 449. The van der Waals surface area contributed by atoms with E-state index in [9.17, 15) is 9.59 Å². The van der Waals surface area contributed by atoms with Gasteiger partial charge in [-0.15, -0.1) is 0 Å². The maximum absolute atomic E-state index is 11.8. The Morgan fingerprint density at radius 2 is 1.82 bits per heavy atom. The average Bonchev–Trinajstić information content (AvgIpc) is 2.35. The highest BCUT2D eigenvalue weighted by molar-refractivity contribution is 6.00. The summed E-state index contributed by atoms with van der Waals surface area (Å²) in [5.41, 5.74) is 1.04. The van der Waals surface area contributed by atoms with Crippen LogP contribution in [-0.2, 0) is 4.79 Å². The molecule has 0 saturated heterocycles. The van der Waals surface area contributed by atoms with E-state index < -0.39 is 11.9 Å². The first-order valence-electron chi connectivity index (χ1n) is 5.35. The highest BCUT2D eigenvalue weighted by Gasteiger charge is 2.14. The van der Waals surface area contributed by atoms with Crippen molar-refractivity contribution in [1.29, 1.82) is 0 Å². The smallest absolute Gasteiger partial charge is 0.352 e. The highest BCUT2D eigenvalue weighted by Crippen LogP contribution is 2.07. The number of hydrogen-bond donors (Lipinski definition) is 2. The molecule has 0 spiro atoms. The first-order chi connectivity index (χ1) is 8.06. The van der Waals surface area contributed by atoms with Crippen molar-refractivity contribution < 1.29 is 14.7 Å². The summed E-state index contributed by atoms with van der Waals surface area (Å²) in [4.78, 5) is 22.8. The monoisotopic (exact) mass is 233 g/mol. The van der Waals surface area contributed by atoms with Gasteiger partial charge in [-0.25, -0.2) is 4.79 Å². The van der Waals surface area contributed by atoms with Crippen LogP contribution in [0.25, 0.3) is 0 Å². The number of carbonyl (C=O) groups is 2. The van der Waals surface area contributed by atoms with Crippen molar-refractivity contribution in [2.75, 3.05) is 0 Å². The molecule has 0 bridgehead atoms. The molecule has 0 aliphatic carbocycles. The molecule has 1 aromatic carbocycles. The van der Waals surface area contributed by atoms with Gasteiger partial charge in [0, 0.05) is 5.56 Å². The van der Waals surface area contributed by atoms with Gasteiger partial charge in [-0.05, 0) is 31.1 Å². The first-order valence-corrected chi connectivity index (χ1v) is 5.35. The van der Waals surface area contributed by atoms with E-state index in [2.05, 4.69) is 5.32 Å². The van der Waals surface area contributed by atoms with Crippen molar-refractivity contribution in [3.63, 3.8) is 0 Å². The van der Waals surface area contributed by atoms with Crippen LogP contribution in [-0.4, -0.2) is 17.0 Å². The summed E-state index contributed by atoms with van der Waals surface area (Å²) in [7, 11) is 0. The minimum absolute atomic E-state index is 0.0404. The molecular formula is C13H15NO3. The minimum atomic E-state index is -1.12. The van der Waals surface area contributed by atoms with Crippen LogP contribution in [0.1, 0.15) is 30.6 Å². The third-order valence-corrected chi connectivity index (χ3v) is 2.45. The molecule has 0 heterocycles. The number of amides is 1. The van der Waals surface area contributed by atoms with E-state index in [-0.39, 0.29) is 5.70 Å². The fourth-order valence-corrected chi connectivity index (χ4v) is 1.29. The fraction of sp³-hybridized carbons (Fsp3) is 0.231. The zero-order valence-corrected chi connectivity index (χ0v) is 9.86. The van der Waals surface area contributed by atoms with E-state index in [0.29, 0.717) is 17.6 Å². The molecule has 0 atom stereocenters. The van der Waals surface area contributed by atoms with Crippen LogP contribution in [0.15, 0.2) is 41.6 Å². The molecule has 0 aliphatic heterocycles. The number of allylic oxidation sites excluding steroid dienone is 1. The number of hydrogen-bond acceptors (Lipinski definition) is 2. The van der Waals surface area contributed by atoms with Gasteiger partial charge in [0.2, 0.25) is 0 Å². The Morgan fingerprint density at radius 3 is 2.29 bits per heavy atom. The summed E-state index contributed by atoms with van der Waals surface area (Å²) < 4.78 is 0. The van der Waals surface area contributed by atoms with Crippen LogP contribution in [0.3, 0.4) is 0 Å². The van der Waals surface area contributed by atoms with Gasteiger partial charge >= 0.3 is 5.97 Å². The Hall–Kier alpha value is -2.10. The summed E-state index contributed by atoms with van der Waals surface area (Å²) >= 11 is 0. The fourth-order valence-electron chi connectivity index (χ4n) is 1.29. The van der Waals surface area contributed by atoms with Crippen LogP contribution in [0, 0.1) is 0 Å². The van der Waals surface area contributed by atoms with Crippen LogP contribution < -0.4 is 5.32 Å². The molecule has 0 aromatic heterocycles. The van der Waals surface area contributed by atoms with Gasteiger partial charge in [0.05, 0.1) is 0 Å². The van der Waals surface area contributed by atoms with Gasteiger partial charge in [0.15, 0.2) is 0 Å². The molecule has 17 heavy (non-hydrogen) atoms. The summed E-state index contributed by atoms with van der Waals surface area (Å²) in [5, 5.41) is 11.4.